The van der Waals surface area contributed by atoms with Crippen LogP contribution in [0.3, 0.4) is 0 Å². The molecule has 1 aromatic rings. The molecule has 1 aromatic carbocycles. The van der Waals surface area contributed by atoms with E-state index in [-0.39, 0.29) is 12.5 Å². The predicted octanol–water partition coefficient (Wildman–Crippen LogP) is 1.13. The van der Waals surface area contributed by atoms with Crippen molar-refractivity contribution in [2.24, 2.45) is 5.73 Å². The van der Waals surface area contributed by atoms with Gasteiger partial charge in [-0.25, -0.2) is 0 Å². The van der Waals surface area contributed by atoms with E-state index in [2.05, 4.69) is 5.32 Å². The summed E-state index contributed by atoms with van der Waals surface area (Å²) >= 11 is 0. The van der Waals surface area contributed by atoms with Gasteiger partial charge in [-0.15, -0.1) is 0 Å². The predicted molar refractivity (Wildman–Crippen MR) is 66.0 cm³/mol. The maximum Gasteiger partial charge on any atom is 0.250 e. The molecule has 3 N–H and O–H groups in total. The van der Waals surface area contributed by atoms with Gasteiger partial charge in [0, 0.05) is 13.2 Å². The summed E-state index contributed by atoms with van der Waals surface area (Å²) in [5.74, 6) is 0.392. The average molecular weight is 238 g/mol. The highest BCUT2D eigenvalue weighted by Crippen LogP contribution is 2.25. The number of methoxy groups -OCH3 is 1. The molecule has 0 atom stereocenters. The topological polar surface area (TPSA) is 73.6 Å². The van der Waals surface area contributed by atoms with Crippen molar-refractivity contribution in [2.45, 2.75) is 13.5 Å². The summed E-state index contributed by atoms with van der Waals surface area (Å²) in [4.78, 5) is 11.5. The van der Waals surface area contributed by atoms with Crippen molar-refractivity contribution < 1.29 is 14.3 Å². The van der Waals surface area contributed by atoms with E-state index in [4.69, 9.17) is 15.2 Å². The summed E-state index contributed by atoms with van der Waals surface area (Å²) in [5, 5.41) is 2.72. The Bertz CT molecular complexity index is 380. The van der Waals surface area contributed by atoms with Gasteiger partial charge in [-0.1, -0.05) is 6.07 Å². The van der Waals surface area contributed by atoms with Crippen molar-refractivity contribution in [2.75, 3.05) is 25.6 Å². The molecule has 5 nitrogen and oxygen atoms in total. The lowest BCUT2D eigenvalue weighted by atomic mass is 10.2. The van der Waals surface area contributed by atoms with Crippen LogP contribution in [0.4, 0.5) is 5.69 Å². The third kappa shape index (κ3) is 4.05. The van der Waals surface area contributed by atoms with Crippen LogP contribution in [0.15, 0.2) is 18.2 Å². The maximum absolute atomic E-state index is 11.5. The van der Waals surface area contributed by atoms with Gasteiger partial charge in [0.25, 0.3) is 0 Å². The van der Waals surface area contributed by atoms with E-state index in [0.29, 0.717) is 24.6 Å². The largest absolute Gasteiger partial charge is 0.495 e. The van der Waals surface area contributed by atoms with E-state index < -0.39 is 0 Å². The Labute approximate surface area is 101 Å². The summed E-state index contributed by atoms with van der Waals surface area (Å²) in [6.07, 6.45) is 0. The Hall–Kier alpha value is -1.59. The number of anilines is 1. The number of carbonyl (C=O) groups excluding carboxylic acids is 1. The van der Waals surface area contributed by atoms with Crippen molar-refractivity contribution >= 4 is 11.6 Å². The molecule has 0 saturated carbocycles. The molecule has 1 amide bonds. The summed E-state index contributed by atoms with van der Waals surface area (Å²) in [5.41, 5.74) is 7.10. The molecule has 1 rings (SSSR count). The Morgan fingerprint density at radius 2 is 2.24 bits per heavy atom. The van der Waals surface area contributed by atoms with Crippen molar-refractivity contribution in [3.8, 4) is 5.75 Å². The zero-order valence-electron chi connectivity index (χ0n) is 10.2. The highest BCUT2D eigenvalue weighted by atomic mass is 16.5. The molecule has 0 heterocycles. The van der Waals surface area contributed by atoms with Crippen LogP contribution in [0.1, 0.15) is 12.5 Å². The van der Waals surface area contributed by atoms with Gasteiger partial charge in [0.15, 0.2) is 0 Å². The van der Waals surface area contributed by atoms with E-state index in [0.717, 1.165) is 5.56 Å². The third-order valence-electron chi connectivity index (χ3n) is 2.21. The van der Waals surface area contributed by atoms with Gasteiger partial charge in [0.2, 0.25) is 5.91 Å². The fourth-order valence-corrected chi connectivity index (χ4v) is 1.35. The number of hydrogen-bond acceptors (Lipinski definition) is 4. The summed E-state index contributed by atoms with van der Waals surface area (Å²) in [6.45, 7) is 2.82. The molecule has 94 valence electrons. The lowest BCUT2D eigenvalue weighted by molar-refractivity contribution is -0.120. The molecule has 0 aliphatic carbocycles. The fourth-order valence-electron chi connectivity index (χ4n) is 1.35. The smallest absolute Gasteiger partial charge is 0.250 e. The minimum absolute atomic E-state index is 0.0400. The van der Waals surface area contributed by atoms with E-state index in [9.17, 15) is 4.79 Å². The van der Waals surface area contributed by atoms with Crippen molar-refractivity contribution in [3.63, 3.8) is 0 Å². The van der Waals surface area contributed by atoms with Crippen LogP contribution in [0.5, 0.6) is 5.75 Å². The Kier molecular flexibility index (Phi) is 5.45. The standard InChI is InChI=1S/C12H18N2O3/c1-3-17-8-12(15)14-10-5-4-9(7-13)6-11(10)16-2/h4-6H,3,7-8,13H2,1-2H3,(H,14,15). The molecule has 0 aliphatic rings. The van der Waals surface area contributed by atoms with Gasteiger partial charge in [0.1, 0.15) is 12.4 Å². The van der Waals surface area contributed by atoms with Gasteiger partial charge >= 0.3 is 0 Å². The molecule has 0 unspecified atom stereocenters. The van der Waals surface area contributed by atoms with Crippen LogP contribution in [-0.4, -0.2) is 26.2 Å². The normalized spacial score (nSPS) is 10.1. The van der Waals surface area contributed by atoms with Crippen LogP contribution < -0.4 is 15.8 Å². The zero-order chi connectivity index (χ0) is 12.7. The molecule has 17 heavy (non-hydrogen) atoms. The van der Waals surface area contributed by atoms with E-state index in [1.807, 2.05) is 13.0 Å². The number of hydrogen-bond donors (Lipinski definition) is 2. The number of amides is 1. The second-order valence-electron chi connectivity index (χ2n) is 3.42. The van der Waals surface area contributed by atoms with Crippen molar-refractivity contribution in [1.82, 2.24) is 0 Å². The molecule has 0 bridgehead atoms. The minimum Gasteiger partial charge on any atom is -0.495 e. The summed E-state index contributed by atoms with van der Waals surface area (Å²) in [7, 11) is 1.55. The molecule has 0 saturated heterocycles. The fraction of sp³-hybridized carbons (Fsp3) is 0.417. The SMILES string of the molecule is CCOCC(=O)Nc1ccc(CN)cc1OC. The Morgan fingerprint density at radius 1 is 1.47 bits per heavy atom. The molecule has 0 radical (unpaired) electrons. The molecular formula is C12H18N2O3. The quantitative estimate of drug-likeness (QED) is 0.779. The molecular weight excluding hydrogens is 220 g/mol. The monoisotopic (exact) mass is 238 g/mol. The number of benzene rings is 1. The average Bonchev–Trinajstić information content (AvgIpc) is 2.36. The summed E-state index contributed by atoms with van der Waals surface area (Å²) in [6, 6.07) is 5.42. The molecule has 0 aliphatic heterocycles. The van der Waals surface area contributed by atoms with Crippen LogP contribution in [0.25, 0.3) is 0 Å². The third-order valence-corrected chi connectivity index (χ3v) is 2.21. The van der Waals surface area contributed by atoms with Gasteiger partial charge < -0.3 is 20.5 Å². The Morgan fingerprint density at radius 3 is 2.82 bits per heavy atom. The number of ether oxygens (including phenoxy) is 2. The first-order valence-corrected chi connectivity index (χ1v) is 5.45. The zero-order valence-corrected chi connectivity index (χ0v) is 10.2. The first-order valence-electron chi connectivity index (χ1n) is 5.45. The second kappa shape index (κ2) is 6.88. The highest BCUT2D eigenvalue weighted by Gasteiger charge is 2.07. The van der Waals surface area contributed by atoms with Gasteiger partial charge in [-0.3, -0.25) is 4.79 Å². The highest BCUT2D eigenvalue weighted by molar-refractivity contribution is 5.93. The molecule has 0 aromatic heterocycles. The van der Waals surface area contributed by atoms with E-state index in [1.165, 1.54) is 0 Å². The van der Waals surface area contributed by atoms with Crippen molar-refractivity contribution in [1.29, 1.82) is 0 Å². The molecule has 5 heteroatoms. The van der Waals surface area contributed by atoms with Gasteiger partial charge in [-0.2, -0.15) is 0 Å². The van der Waals surface area contributed by atoms with Crippen LogP contribution in [-0.2, 0) is 16.1 Å². The first kappa shape index (κ1) is 13.5. The van der Waals surface area contributed by atoms with Crippen molar-refractivity contribution in [3.05, 3.63) is 23.8 Å². The number of nitrogens with one attached hydrogen (secondary N) is 1. The minimum atomic E-state index is -0.203. The first-order chi connectivity index (χ1) is 8.21. The second-order valence-corrected chi connectivity index (χ2v) is 3.42. The van der Waals surface area contributed by atoms with Crippen LogP contribution >= 0.6 is 0 Å². The summed E-state index contributed by atoms with van der Waals surface area (Å²) < 4.78 is 10.2. The molecule has 0 fully saturated rings. The number of rotatable bonds is 6. The van der Waals surface area contributed by atoms with Crippen LogP contribution in [0, 0.1) is 0 Å². The molecule has 0 spiro atoms. The maximum atomic E-state index is 11.5. The van der Waals surface area contributed by atoms with E-state index in [1.54, 1.807) is 19.2 Å². The van der Waals surface area contributed by atoms with Gasteiger partial charge in [-0.05, 0) is 24.6 Å². The lowest BCUT2D eigenvalue weighted by Crippen LogP contribution is -2.18. The number of nitrogens with two attached hydrogens (primary N) is 1. The van der Waals surface area contributed by atoms with Crippen LogP contribution in [0.2, 0.25) is 0 Å². The number of carbonyl (C=O) groups is 1. The lowest BCUT2D eigenvalue weighted by Gasteiger charge is -2.11. The van der Waals surface area contributed by atoms with Gasteiger partial charge in [0.05, 0.1) is 12.8 Å². The Balaban J connectivity index is 2.73. The van der Waals surface area contributed by atoms with E-state index >= 15 is 0 Å².